The molecule has 2 amide bonds. The van der Waals surface area contributed by atoms with Crippen molar-refractivity contribution in [3.8, 4) is 0 Å². The van der Waals surface area contributed by atoms with E-state index in [0.717, 1.165) is 23.1 Å². The third-order valence-electron chi connectivity index (χ3n) is 6.68. The fraction of sp³-hybridized carbons (Fsp3) is 0.300. The second-order valence-corrected chi connectivity index (χ2v) is 9.16. The lowest BCUT2D eigenvalue weighted by Gasteiger charge is -2.31. The lowest BCUT2D eigenvalue weighted by molar-refractivity contribution is -0.138. The molecule has 4 rings (SSSR count). The second-order valence-electron chi connectivity index (χ2n) is 9.16. The van der Waals surface area contributed by atoms with Gasteiger partial charge in [-0.3, -0.25) is 9.59 Å². The van der Waals surface area contributed by atoms with Crippen molar-refractivity contribution in [1.82, 2.24) is 9.80 Å². The Morgan fingerprint density at radius 1 is 0.889 bits per heavy atom. The summed E-state index contributed by atoms with van der Waals surface area (Å²) in [6, 6.07) is 27.6. The topological polar surface area (TPSA) is 66.9 Å². The van der Waals surface area contributed by atoms with Crippen LogP contribution in [0.2, 0.25) is 0 Å². The summed E-state index contributed by atoms with van der Waals surface area (Å²) in [5, 5.41) is 0. The van der Waals surface area contributed by atoms with Crippen LogP contribution in [0.5, 0.6) is 0 Å². The Balaban J connectivity index is 1.45. The Labute approximate surface area is 212 Å². The van der Waals surface area contributed by atoms with Gasteiger partial charge in [-0.2, -0.15) is 0 Å². The molecule has 0 spiro atoms. The highest BCUT2D eigenvalue weighted by Gasteiger charge is 2.36. The Morgan fingerprint density at radius 2 is 1.47 bits per heavy atom. The number of ketones is 1. The summed E-state index contributed by atoms with van der Waals surface area (Å²) in [6.07, 6.45) is 1.35. The molecule has 0 radical (unpaired) electrons. The molecule has 36 heavy (non-hydrogen) atoms. The first-order valence-electron chi connectivity index (χ1n) is 12.4. The van der Waals surface area contributed by atoms with Crippen molar-refractivity contribution in [2.24, 2.45) is 0 Å². The van der Waals surface area contributed by atoms with Crippen molar-refractivity contribution >= 4 is 17.8 Å². The summed E-state index contributed by atoms with van der Waals surface area (Å²) in [5.74, 6) is -0.0746. The lowest BCUT2D eigenvalue weighted by atomic mass is 9.99. The van der Waals surface area contributed by atoms with Gasteiger partial charge in [0, 0.05) is 20.0 Å². The third kappa shape index (κ3) is 6.39. The van der Waals surface area contributed by atoms with Gasteiger partial charge in [0.05, 0.1) is 18.5 Å². The zero-order valence-corrected chi connectivity index (χ0v) is 20.6. The van der Waals surface area contributed by atoms with E-state index in [0.29, 0.717) is 19.4 Å². The van der Waals surface area contributed by atoms with E-state index in [1.54, 1.807) is 11.9 Å². The van der Waals surface area contributed by atoms with Crippen LogP contribution in [0, 0.1) is 0 Å². The number of Topliss-reactive ketones (excluding diaryl/α,β-unsaturated/α-hetero) is 1. The van der Waals surface area contributed by atoms with E-state index in [2.05, 4.69) is 0 Å². The summed E-state index contributed by atoms with van der Waals surface area (Å²) in [5.41, 5.74) is 2.68. The molecule has 1 fully saturated rings. The minimum Gasteiger partial charge on any atom is -0.445 e. The molecule has 2 atom stereocenters. The summed E-state index contributed by atoms with van der Waals surface area (Å²) >= 11 is 0. The monoisotopic (exact) mass is 484 g/mol. The predicted octanol–water partition coefficient (Wildman–Crippen LogP) is 5.19. The van der Waals surface area contributed by atoms with Gasteiger partial charge in [-0.1, -0.05) is 91.0 Å². The number of carbonyl (C=O) groups excluding carboxylic acids is 3. The first-order chi connectivity index (χ1) is 17.5. The number of hydrogen-bond acceptors (Lipinski definition) is 4. The smallest absolute Gasteiger partial charge is 0.410 e. The first-order valence-corrected chi connectivity index (χ1v) is 12.4. The SMILES string of the molecule is CN(C(=O)OCc1ccccc1)C(CC(=O)N1CCC[C@H]1C(=O)Cc1ccccc1)c1ccccc1. The first kappa shape index (κ1) is 25.2. The molecule has 0 bridgehead atoms. The van der Waals surface area contributed by atoms with Crippen LogP contribution in [-0.4, -0.2) is 47.2 Å². The number of hydrogen-bond donors (Lipinski definition) is 0. The van der Waals surface area contributed by atoms with Crippen LogP contribution < -0.4 is 0 Å². The van der Waals surface area contributed by atoms with E-state index in [1.807, 2.05) is 91.0 Å². The van der Waals surface area contributed by atoms with Crippen molar-refractivity contribution in [2.45, 2.75) is 44.4 Å². The summed E-state index contributed by atoms with van der Waals surface area (Å²) in [6.45, 7) is 0.704. The summed E-state index contributed by atoms with van der Waals surface area (Å²) in [7, 11) is 1.65. The van der Waals surface area contributed by atoms with Crippen molar-refractivity contribution in [2.75, 3.05) is 13.6 Å². The van der Waals surface area contributed by atoms with Crippen LogP contribution in [0.25, 0.3) is 0 Å². The lowest BCUT2D eigenvalue weighted by Crippen LogP contribution is -2.43. The minimum atomic E-state index is -0.507. The number of carbonyl (C=O) groups is 3. The molecule has 1 heterocycles. The molecule has 186 valence electrons. The van der Waals surface area contributed by atoms with Crippen LogP contribution in [0.4, 0.5) is 4.79 Å². The normalized spacial score (nSPS) is 15.8. The van der Waals surface area contributed by atoms with Gasteiger partial charge < -0.3 is 14.5 Å². The number of rotatable bonds is 9. The molecule has 0 aliphatic carbocycles. The highest BCUT2D eigenvalue weighted by atomic mass is 16.6. The largest absolute Gasteiger partial charge is 0.445 e. The van der Waals surface area contributed by atoms with Gasteiger partial charge in [0.15, 0.2) is 5.78 Å². The van der Waals surface area contributed by atoms with E-state index < -0.39 is 18.2 Å². The second kappa shape index (κ2) is 12.2. The molecular weight excluding hydrogens is 452 g/mol. The van der Waals surface area contributed by atoms with E-state index >= 15 is 0 Å². The molecular formula is C30H32N2O4. The number of likely N-dealkylation sites (tertiary alicyclic amines) is 1. The summed E-state index contributed by atoms with van der Waals surface area (Å²) in [4.78, 5) is 42.7. The summed E-state index contributed by atoms with van der Waals surface area (Å²) < 4.78 is 5.53. The van der Waals surface area contributed by atoms with Crippen LogP contribution in [0.15, 0.2) is 91.0 Å². The molecule has 6 nitrogen and oxygen atoms in total. The van der Waals surface area contributed by atoms with Crippen LogP contribution in [-0.2, 0) is 27.4 Å². The van der Waals surface area contributed by atoms with Gasteiger partial charge in [-0.25, -0.2) is 4.79 Å². The van der Waals surface area contributed by atoms with E-state index in [4.69, 9.17) is 4.74 Å². The average molecular weight is 485 g/mol. The molecule has 3 aromatic rings. The molecule has 1 aliphatic heterocycles. The minimum absolute atomic E-state index is 0.0546. The molecule has 3 aromatic carbocycles. The zero-order chi connectivity index (χ0) is 25.3. The van der Waals surface area contributed by atoms with Gasteiger partial charge in [0.1, 0.15) is 6.61 Å². The number of amides is 2. The molecule has 1 saturated heterocycles. The Kier molecular flexibility index (Phi) is 8.50. The average Bonchev–Trinajstić information content (AvgIpc) is 3.42. The quantitative estimate of drug-likeness (QED) is 0.419. The maximum absolute atomic E-state index is 13.5. The Hall–Kier alpha value is -3.93. The van der Waals surface area contributed by atoms with Gasteiger partial charge in [-0.15, -0.1) is 0 Å². The maximum Gasteiger partial charge on any atom is 0.410 e. The van der Waals surface area contributed by atoms with Crippen LogP contribution in [0.1, 0.15) is 42.0 Å². The fourth-order valence-electron chi connectivity index (χ4n) is 4.70. The molecule has 0 saturated carbocycles. The van der Waals surface area contributed by atoms with Crippen LogP contribution in [0.3, 0.4) is 0 Å². The standard InChI is InChI=1S/C30H32N2O4/c1-31(30(35)36-22-24-14-7-3-8-15-24)27(25-16-9-4-10-17-25)21-29(34)32-19-11-18-26(32)28(33)20-23-12-5-2-6-13-23/h2-10,12-17,26-27H,11,18-22H2,1H3/t26-,27?/m0/s1. The van der Waals surface area contributed by atoms with Gasteiger partial charge in [-0.05, 0) is 29.5 Å². The number of nitrogens with zero attached hydrogens (tertiary/aromatic N) is 2. The zero-order valence-electron chi connectivity index (χ0n) is 20.6. The number of ether oxygens (including phenoxy) is 1. The predicted molar refractivity (Wildman–Crippen MR) is 138 cm³/mol. The van der Waals surface area contributed by atoms with E-state index in [1.165, 1.54) is 4.90 Å². The fourth-order valence-corrected chi connectivity index (χ4v) is 4.70. The van der Waals surface area contributed by atoms with E-state index in [9.17, 15) is 14.4 Å². The molecule has 1 unspecified atom stereocenters. The van der Waals surface area contributed by atoms with Crippen molar-refractivity contribution in [3.63, 3.8) is 0 Å². The third-order valence-corrected chi connectivity index (χ3v) is 6.68. The van der Waals surface area contributed by atoms with Crippen molar-refractivity contribution in [1.29, 1.82) is 0 Å². The highest BCUT2D eigenvalue weighted by Crippen LogP contribution is 2.28. The highest BCUT2D eigenvalue weighted by molar-refractivity contribution is 5.91. The molecule has 0 N–H and O–H groups in total. The van der Waals surface area contributed by atoms with Crippen molar-refractivity contribution < 1.29 is 19.1 Å². The van der Waals surface area contributed by atoms with E-state index in [-0.39, 0.29) is 24.7 Å². The van der Waals surface area contributed by atoms with Gasteiger partial charge in [0.2, 0.25) is 5.91 Å². The molecule has 0 aromatic heterocycles. The van der Waals surface area contributed by atoms with Gasteiger partial charge in [0.25, 0.3) is 0 Å². The van der Waals surface area contributed by atoms with Crippen molar-refractivity contribution in [3.05, 3.63) is 108 Å². The van der Waals surface area contributed by atoms with Gasteiger partial charge >= 0.3 is 6.09 Å². The number of benzene rings is 3. The Bertz CT molecular complexity index is 1150. The Morgan fingerprint density at radius 3 is 2.11 bits per heavy atom. The maximum atomic E-state index is 13.5. The van der Waals surface area contributed by atoms with Crippen LogP contribution >= 0.6 is 0 Å². The molecule has 1 aliphatic rings. The molecule has 6 heteroatoms.